The zero-order valence-electron chi connectivity index (χ0n) is 19.1. The molecule has 1 aromatic rings. The number of benzene rings is 1. The predicted octanol–water partition coefficient (Wildman–Crippen LogP) is 2.06. The Morgan fingerprint density at radius 3 is 2.50 bits per heavy atom. The highest BCUT2D eigenvalue weighted by Crippen LogP contribution is 2.24. The molecule has 1 aromatic carbocycles. The van der Waals surface area contributed by atoms with Gasteiger partial charge in [-0.25, -0.2) is 0 Å². The van der Waals surface area contributed by atoms with Crippen LogP contribution in [0, 0.1) is 0 Å². The molecule has 1 amide bonds. The second-order valence-corrected chi connectivity index (χ2v) is 8.73. The van der Waals surface area contributed by atoms with Crippen LogP contribution < -0.4 is 16.0 Å². The van der Waals surface area contributed by atoms with Gasteiger partial charge in [-0.15, -0.1) is 24.0 Å². The van der Waals surface area contributed by atoms with Crippen molar-refractivity contribution in [1.29, 1.82) is 0 Å². The van der Waals surface area contributed by atoms with E-state index >= 15 is 0 Å². The third-order valence-electron chi connectivity index (χ3n) is 4.95. The van der Waals surface area contributed by atoms with Crippen molar-refractivity contribution in [3.8, 4) is 0 Å². The molecule has 0 bridgehead atoms. The van der Waals surface area contributed by atoms with Crippen molar-refractivity contribution in [1.82, 2.24) is 25.8 Å². The van der Waals surface area contributed by atoms with Gasteiger partial charge in [0, 0.05) is 51.4 Å². The van der Waals surface area contributed by atoms with Gasteiger partial charge in [-0.2, -0.15) is 0 Å². The molecule has 1 fully saturated rings. The van der Waals surface area contributed by atoms with Crippen LogP contribution in [-0.2, 0) is 4.79 Å². The molecular weight excluding hydrogens is 491 g/mol. The van der Waals surface area contributed by atoms with Crippen LogP contribution in [-0.4, -0.2) is 80.6 Å². The molecule has 0 saturated carbocycles. The van der Waals surface area contributed by atoms with Crippen LogP contribution in [0.2, 0.25) is 0 Å². The van der Waals surface area contributed by atoms with E-state index in [1.165, 1.54) is 5.56 Å². The number of amides is 1. The van der Waals surface area contributed by atoms with Crippen molar-refractivity contribution in [2.45, 2.75) is 38.8 Å². The number of aliphatic imine (C=N–C) groups is 1. The Balaban J connectivity index is 0.00000450. The number of hydrogen-bond donors (Lipinski definition) is 3. The predicted molar refractivity (Wildman–Crippen MR) is 136 cm³/mol. The highest BCUT2D eigenvalue weighted by molar-refractivity contribution is 14.0. The van der Waals surface area contributed by atoms with Gasteiger partial charge in [0.15, 0.2) is 5.96 Å². The fourth-order valence-corrected chi connectivity index (χ4v) is 3.55. The van der Waals surface area contributed by atoms with Crippen LogP contribution in [0.5, 0.6) is 0 Å². The summed E-state index contributed by atoms with van der Waals surface area (Å²) in [6.07, 6.45) is 1.02. The first-order chi connectivity index (χ1) is 13.8. The molecular formula is C22H39IN6O. The number of likely N-dealkylation sites (N-methyl/N-ethyl adjacent to an activating group) is 1. The van der Waals surface area contributed by atoms with Gasteiger partial charge >= 0.3 is 0 Å². The molecule has 1 heterocycles. The lowest BCUT2D eigenvalue weighted by Gasteiger charge is -2.40. The van der Waals surface area contributed by atoms with E-state index < -0.39 is 0 Å². The fraction of sp³-hybridized carbons (Fsp3) is 0.636. The summed E-state index contributed by atoms with van der Waals surface area (Å²) < 4.78 is 0. The first-order valence-electron chi connectivity index (χ1n) is 10.5. The van der Waals surface area contributed by atoms with E-state index in [2.05, 4.69) is 68.1 Å². The molecule has 1 atom stereocenters. The van der Waals surface area contributed by atoms with Gasteiger partial charge in [-0.3, -0.25) is 14.7 Å². The van der Waals surface area contributed by atoms with Gasteiger partial charge in [-0.1, -0.05) is 30.3 Å². The van der Waals surface area contributed by atoms with Crippen LogP contribution >= 0.6 is 24.0 Å². The maximum absolute atomic E-state index is 11.9. The summed E-state index contributed by atoms with van der Waals surface area (Å²) in [5, 5.41) is 9.33. The van der Waals surface area contributed by atoms with Crippen molar-refractivity contribution in [2.75, 3.05) is 53.4 Å². The Labute approximate surface area is 199 Å². The van der Waals surface area contributed by atoms with E-state index in [1.807, 2.05) is 20.8 Å². The molecule has 0 aromatic heterocycles. The Hall–Kier alpha value is -1.39. The smallest absolute Gasteiger partial charge is 0.239 e. The van der Waals surface area contributed by atoms with E-state index in [4.69, 9.17) is 0 Å². The van der Waals surface area contributed by atoms with Gasteiger partial charge in [0.1, 0.15) is 0 Å². The standard InChI is InChI=1S/C22H38N6O.HI/c1-22(2,3)26-20(29)16-25-21(23-4)24-12-9-13-28-15-14-27(5)17-19(28)18-10-7-6-8-11-18;/h6-8,10-11,19H,9,12-17H2,1-5H3,(H,26,29)(H2,23,24,25);1H. The first kappa shape index (κ1) is 26.6. The molecule has 3 N–H and O–H groups in total. The largest absolute Gasteiger partial charge is 0.356 e. The van der Waals surface area contributed by atoms with Crippen LogP contribution in [0.1, 0.15) is 38.8 Å². The van der Waals surface area contributed by atoms with Crippen molar-refractivity contribution in [3.05, 3.63) is 35.9 Å². The number of nitrogens with zero attached hydrogens (tertiary/aromatic N) is 3. The van der Waals surface area contributed by atoms with E-state index in [0.717, 1.165) is 39.1 Å². The topological polar surface area (TPSA) is 72.0 Å². The number of carbonyl (C=O) groups excluding carboxylic acids is 1. The van der Waals surface area contributed by atoms with E-state index in [1.54, 1.807) is 7.05 Å². The summed E-state index contributed by atoms with van der Waals surface area (Å²) in [6.45, 7) is 11.2. The van der Waals surface area contributed by atoms with Crippen LogP contribution in [0.25, 0.3) is 0 Å². The number of piperazine rings is 1. The SMILES string of the molecule is CN=C(NCCCN1CCN(C)CC1c1ccccc1)NCC(=O)NC(C)(C)C.I. The van der Waals surface area contributed by atoms with E-state index in [9.17, 15) is 4.79 Å². The van der Waals surface area contributed by atoms with Crippen molar-refractivity contribution < 1.29 is 4.79 Å². The molecule has 30 heavy (non-hydrogen) atoms. The van der Waals surface area contributed by atoms with Crippen LogP contribution in [0.3, 0.4) is 0 Å². The maximum Gasteiger partial charge on any atom is 0.239 e. The lowest BCUT2D eigenvalue weighted by Crippen LogP contribution is -2.49. The van der Waals surface area contributed by atoms with Gasteiger partial charge in [-0.05, 0) is 39.8 Å². The molecule has 7 nitrogen and oxygen atoms in total. The number of rotatable bonds is 7. The first-order valence-corrected chi connectivity index (χ1v) is 10.5. The van der Waals surface area contributed by atoms with Crippen molar-refractivity contribution in [3.63, 3.8) is 0 Å². The minimum Gasteiger partial charge on any atom is -0.356 e. The molecule has 0 aliphatic carbocycles. The molecule has 1 aliphatic rings. The number of guanidine groups is 1. The second-order valence-electron chi connectivity index (χ2n) is 8.73. The van der Waals surface area contributed by atoms with Crippen molar-refractivity contribution >= 4 is 35.8 Å². The third-order valence-corrected chi connectivity index (χ3v) is 4.95. The molecule has 0 spiro atoms. The van der Waals surface area contributed by atoms with Gasteiger partial charge in [0.2, 0.25) is 5.91 Å². The summed E-state index contributed by atoms with van der Waals surface area (Å²) in [5.74, 6) is 0.621. The number of halogens is 1. The molecule has 2 rings (SSSR count). The zero-order valence-corrected chi connectivity index (χ0v) is 21.4. The number of hydrogen-bond acceptors (Lipinski definition) is 4. The minimum absolute atomic E-state index is 0. The highest BCUT2D eigenvalue weighted by Gasteiger charge is 2.25. The second kappa shape index (κ2) is 13.1. The normalized spacial score (nSPS) is 18.4. The Morgan fingerprint density at radius 1 is 1.17 bits per heavy atom. The quantitative estimate of drug-likeness (QED) is 0.218. The lowest BCUT2D eigenvalue weighted by atomic mass is 10.0. The maximum atomic E-state index is 11.9. The summed E-state index contributed by atoms with van der Waals surface area (Å²) in [6, 6.07) is 11.2. The average Bonchev–Trinajstić information content (AvgIpc) is 2.67. The summed E-state index contributed by atoms with van der Waals surface area (Å²) >= 11 is 0. The summed E-state index contributed by atoms with van der Waals surface area (Å²) in [5.41, 5.74) is 1.16. The molecule has 8 heteroatoms. The molecule has 1 aliphatic heterocycles. The fourth-order valence-electron chi connectivity index (χ4n) is 3.55. The molecule has 0 radical (unpaired) electrons. The van der Waals surface area contributed by atoms with E-state index in [0.29, 0.717) is 12.0 Å². The number of carbonyl (C=O) groups is 1. The summed E-state index contributed by atoms with van der Waals surface area (Å²) in [7, 11) is 3.92. The monoisotopic (exact) mass is 530 g/mol. The summed E-state index contributed by atoms with van der Waals surface area (Å²) in [4.78, 5) is 21.1. The van der Waals surface area contributed by atoms with Crippen LogP contribution in [0.4, 0.5) is 0 Å². The third kappa shape index (κ3) is 9.61. The number of nitrogens with one attached hydrogen (secondary N) is 3. The Morgan fingerprint density at radius 2 is 1.87 bits per heavy atom. The van der Waals surface area contributed by atoms with Crippen molar-refractivity contribution in [2.24, 2.45) is 4.99 Å². The zero-order chi connectivity index (χ0) is 21.3. The van der Waals surface area contributed by atoms with Gasteiger partial charge in [0.25, 0.3) is 0 Å². The van der Waals surface area contributed by atoms with Gasteiger partial charge in [0.05, 0.1) is 6.54 Å². The minimum atomic E-state index is -0.229. The Bertz CT molecular complexity index is 661. The molecule has 1 saturated heterocycles. The Kier molecular flexibility index (Phi) is 11.6. The van der Waals surface area contributed by atoms with Gasteiger partial charge < -0.3 is 20.9 Å². The average molecular weight is 530 g/mol. The van der Waals surface area contributed by atoms with Crippen LogP contribution in [0.15, 0.2) is 35.3 Å². The molecule has 170 valence electrons. The highest BCUT2D eigenvalue weighted by atomic mass is 127. The molecule has 1 unspecified atom stereocenters. The lowest BCUT2D eigenvalue weighted by molar-refractivity contribution is -0.121. The van der Waals surface area contributed by atoms with E-state index in [-0.39, 0.29) is 42.0 Å².